The molecule has 0 atom stereocenters. The number of carbonyl (C=O) groups is 1. The SMILES string of the molecule is CC(C)([O-])C(=O)[O-].[Li+].[Li+]. The van der Waals surface area contributed by atoms with Crippen LogP contribution in [0.1, 0.15) is 13.8 Å². The second-order valence-electron chi connectivity index (χ2n) is 1.80. The summed E-state index contributed by atoms with van der Waals surface area (Å²) in [5.74, 6) is -1.56. The van der Waals surface area contributed by atoms with Crippen LogP contribution < -0.4 is 47.9 Å². The fraction of sp³-hybridized carbons (Fsp3) is 0.750. The Balaban J connectivity index is -0.000000180. The van der Waals surface area contributed by atoms with Crippen LogP contribution >= 0.6 is 0 Å². The van der Waals surface area contributed by atoms with Crippen LogP contribution in [0.15, 0.2) is 0 Å². The van der Waals surface area contributed by atoms with E-state index in [0.717, 1.165) is 13.8 Å². The van der Waals surface area contributed by atoms with Gasteiger partial charge in [-0.15, -0.1) is 0 Å². The van der Waals surface area contributed by atoms with Gasteiger partial charge in [-0.1, -0.05) is 19.4 Å². The summed E-state index contributed by atoms with van der Waals surface area (Å²) in [5, 5.41) is 19.7. The van der Waals surface area contributed by atoms with E-state index in [1.54, 1.807) is 0 Å². The summed E-state index contributed by atoms with van der Waals surface area (Å²) >= 11 is 0. The number of rotatable bonds is 1. The summed E-state index contributed by atoms with van der Waals surface area (Å²) < 4.78 is 0. The summed E-state index contributed by atoms with van der Waals surface area (Å²) in [6.45, 7) is 2.09. The predicted octanol–water partition coefficient (Wildman–Crippen LogP) is -8.12. The molecule has 0 aliphatic rings. The van der Waals surface area contributed by atoms with Crippen LogP contribution in [0.25, 0.3) is 0 Å². The van der Waals surface area contributed by atoms with Crippen molar-refractivity contribution in [2.45, 2.75) is 19.4 Å². The van der Waals surface area contributed by atoms with Crippen LogP contribution in [0.3, 0.4) is 0 Å². The standard InChI is InChI=1S/C4H7O3.2Li/c1-4(2,7)3(5)6;;/h1-2H3,(H,5,6);;/q-1;2*+1/p-1. The number of aliphatic carboxylic acids is 1. The summed E-state index contributed by atoms with van der Waals surface area (Å²) in [6, 6.07) is 0. The van der Waals surface area contributed by atoms with Gasteiger partial charge in [0.1, 0.15) is 0 Å². The molecule has 42 valence electrons. The molecule has 0 aromatic rings. The minimum absolute atomic E-state index is 0. The summed E-state index contributed by atoms with van der Waals surface area (Å²) in [4.78, 5) is 9.60. The third-order valence-corrected chi connectivity index (χ3v) is 0.492. The van der Waals surface area contributed by atoms with E-state index in [9.17, 15) is 15.0 Å². The van der Waals surface area contributed by atoms with Gasteiger partial charge in [0.15, 0.2) is 0 Å². The molecule has 0 aromatic carbocycles. The summed E-state index contributed by atoms with van der Waals surface area (Å²) in [7, 11) is 0. The molecule has 0 heterocycles. The van der Waals surface area contributed by atoms with Crippen molar-refractivity contribution in [3.63, 3.8) is 0 Å². The quantitative estimate of drug-likeness (QED) is 0.319. The van der Waals surface area contributed by atoms with E-state index in [2.05, 4.69) is 0 Å². The minimum Gasteiger partial charge on any atom is -0.846 e. The van der Waals surface area contributed by atoms with Gasteiger partial charge in [0.05, 0.1) is 0 Å². The molecular formula is C4H6Li2O3. The molecule has 0 unspecified atom stereocenters. The van der Waals surface area contributed by atoms with Gasteiger partial charge in [-0.05, 0) is 0 Å². The average Bonchev–Trinajstić information content (AvgIpc) is 1.31. The number of carboxylic acid groups (broad SMARTS) is 1. The first-order chi connectivity index (χ1) is 2.94. The largest absolute Gasteiger partial charge is 1.00 e. The second-order valence-corrected chi connectivity index (χ2v) is 1.80. The van der Waals surface area contributed by atoms with Gasteiger partial charge < -0.3 is 15.0 Å². The van der Waals surface area contributed by atoms with Crippen molar-refractivity contribution < 1.29 is 52.7 Å². The van der Waals surface area contributed by atoms with Crippen LogP contribution in [0.5, 0.6) is 0 Å². The number of carbonyl (C=O) groups excluding carboxylic acids is 1. The molecular weight excluding hydrogens is 110 g/mol. The maximum absolute atomic E-state index is 10.1. The van der Waals surface area contributed by atoms with Crippen LogP contribution in [0.2, 0.25) is 0 Å². The Morgan fingerprint density at radius 2 is 1.44 bits per heavy atom. The smallest absolute Gasteiger partial charge is 0.846 e. The molecule has 5 heteroatoms. The van der Waals surface area contributed by atoms with Crippen molar-refractivity contribution in [2.75, 3.05) is 0 Å². The van der Waals surface area contributed by atoms with E-state index in [-0.39, 0.29) is 37.7 Å². The Labute approximate surface area is 78.2 Å². The topological polar surface area (TPSA) is 63.2 Å². The van der Waals surface area contributed by atoms with Gasteiger partial charge in [0, 0.05) is 5.97 Å². The number of hydrogen-bond donors (Lipinski definition) is 0. The van der Waals surface area contributed by atoms with Crippen molar-refractivity contribution in [3.8, 4) is 0 Å². The zero-order valence-electron chi connectivity index (χ0n) is 6.22. The molecule has 0 saturated heterocycles. The van der Waals surface area contributed by atoms with Crippen LogP contribution in [-0.4, -0.2) is 11.6 Å². The first kappa shape index (κ1) is 16.3. The summed E-state index contributed by atoms with van der Waals surface area (Å²) in [6.07, 6.45) is 0. The molecule has 0 rings (SSSR count). The van der Waals surface area contributed by atoms with Crippen molar-refractivity contribution in [1.29, 1.82) is 0 Å². The van der Waals surface area contributed by atoms with E-state index >= 15 is 0 Å². The van der Waals surface area contributed by atoms with Crippen molar-refractivity contribution in [3.05, 3.63) is 0 Å². The Morgan fingerprint density at radius 3 is 1.44 bits per heavy atom. The first-order valence-electron chi connectivity index (χ1n) is 1.86. The molecule has 0 bridgehead atoms. The molecule has 9 heavy (non-hydrogen) atoms. The Morgan fingerprint density at radius 1 is 1.33 bits per heavy atom. The molecule has 0 fully saturated rings. The molecule has 0 aromatic heterocycles. The van der Waals surface area contributed by atoms with E-state index in [1.807, 2.05) is 0 Å². The second kappa shape index (κ2) is 5.41. The van der Waals surface area contributed by atoms with Gasteiger partial charge in [0.2, 0.25) is 0 Å². The molecule has 0 aliphatic carbocycles. The Kier molecular flexibility index (Phi) is 9.81. The van der Waals surface area contributed by atoms with Crippen LogP contribution in [-0.2, 0) is 4.79 Å². The van der Waals surface area contributed by atoms with Gasteiger partial charge in [-0.25, -0.2) is 0 Å². The molecule has 0 spiro atoms. The molecule has 0 aliphatic heterocycles. The van der Waals surface area contributed by atoms with E-state index in [1.165, 1.54) is 0 Å². The van der Waals surface area contributed by atoms with Crippen LogP contribution in [0.4, 0.5) is 0 Å². The average molecular weight is 116 g/mol. The summed E-state index contributed by atoms with van der Waals surface area (Å²) in [5.41, 5.74) is -1.94. The van der Waals surface area contributed by atoms with Gasteiger partial charge >= 0.3 is 37.7 Å². The predicted molar refractivity (Wildman–Crippen MR) is 19.1 cm³/mol. The molecule has 0 saturated carbocycles. The fourth-order valence-electron chi connectivity index (χ4n) is 0. The Bertz CT molecular complexity index is 86.3. The molecule has 0 radical (unpaired) electrons. The maximum Gasteiger partial charge on any atom is 1.00 e. The van der Waals surface area contributed by atoms with Crippen LogP contribution in [0, 0.1) is 0 Å². The minimum atomic E-state index is -1.94. The van der Waals surface area contributed by atoms with E-state index < -0.39 is 11.6 Å². The monoisotopic (exact) mass is 116 g/mol. The van der Waals surface area contributed by atoms with E-state index in [4.69, 9.17) is 0 Å². The number of hydrogen-bond acceptors (Lipinski definition) is 3. The third-order valence-electron chi connectivity index (χ3n) is 0.492. The fourth-order valence-corrected chi connectivity index (χ4v) is 0. The zero-order chi connectivity index (χ0) is 6.08. The van der Waals surface area contributed by atoms with Gasteiger partial charge in [-0.2, -0.15) is 0 Å². The van der Waals surface area contributed by atoms with Crippen molar-refractivity contribution in [2.24, 2.45) is 0 Å². The number of carboxylic acids is 1. The van der Waals surface area contributed by atoms with Crippen molar-refractivity contribution in [1.82, 2.24) is 0 Å². The van der Waals surface area contributed by atoms with Crippen molar-refractivity contribution >= 4 is 5.97 Å². The Hall–Kier alpha value is 0.625. The zero-order valence-corrected chi connectivity index (χ0v) is 6.22. The molecule has 0 amide bonds. The third kappa shape index (κ3) is 8.62. The normalized spacial score (nSPS) is 8.78. The van der Waals surface area contributed by atoms with Gasteiger partial charge in [0.25, 0.3) is 0 Å². The van der Waals surface area contributed by atoms with E-state index in [0.29, 0.717) is 0 Å². The molecule has 3 nitrogen and oxygen atoms in total. The maximum atomic E-state index is 10.1. The molecule has 0 N–H and O–H groups in total. The van der Waals surface area contributed by atoms with Gasteiger partial charge in [-0.3, -0.25) is 0 Å². The first-order valence-corrected chi connectivity index (χ1v) is 1.86.